The molecule has 0 radical (unpaired) electrons. The lowest BCUT2D eigenvalue weighted by molar-refractivity contribution is 0.0415. The first-order valence-electron chi connectivity index (χ1n) is 7.62. The van der Waals surface area contributed by atoms with E-state index in [0.717, 1.165) is 11.4 Å². The van der Waals surface area contributed by atoms with Crippen LogP contribution >= 0.6 is 0 Å². The largest absolute Gasteiger partial charge is 0.450 e. The molecule has 0 unspecified atom stereocenters. The summed E-state index contributed by atoms with van der Waals surface area (Å²) >= 11 is 0. The number of ether oxygens (including phenoxy) is 1. The van der Waals surface area contributed by atoms with Gasteiger partial charge in [-0.05, 0) is 25.8 Å². The van der Waals surface area contributed by atoms with Crippen LogP contribution in [0.15, 0.2) is 10.6 Å². The molecular formula is C15H18N6O3. The Balaban J connectivity index is 1.69. The fourth-order valence-corrected chi connectivity index (χ4v) is 2.24. The van der Waals surface area contributed by atoms with Crippen LogP contribution < -0.4 is 0 Å². The Hall–Kier alpha value is -2.84. The van der Waals surface area contributed by atoms with E-state index in [0.29, 0.717) is 23.9 Å². The number of carbonyl (C=O) groups is 1. The summed E-state index contributed by atoms with van der Waals surface area (Å²) in [4.78, 5) is 24.6. The molecule has 0 fully saturated rings. The maximum atomic E-state index is 12.1. The molecule has 0 aliphatic carbocycles. The summed E-state index contributed by atoms with van der Waals surface area (Å²) in [5.74, 6) is 0.889. The summed E-state index contributed by atoms with van der Waals surface area (Å²) in [6, 6.07) is 1.85. The molecule has 0 amide bonds. The molecular weight excluding hydrogens is 312 g/mol. The normalized spacial score (nSPS) is 11.4. The number of esters is 1. The Morgan fingerprint density at radius 2 is 2.08 bits per heavy atom. The quantitative estimate of drug-likeness (QED) is 0.650. The van der Waals surface area contributed by atoms with Crippen LogP contribution in [-0.4, -0.2) is 35.7 Å². The Kier molecular flexibility index (Phi) is 4.24. The van der Waals surface area contributed by atoms with Gasteiger partial charge < -0.3 is 9.26 Å². The number of carbonyl (C=O) groups excluding carboxylic acids is 1. The van der Waals surface area contributed by atoms with Gasteiger partial charge in [0.25, 0.3) is 17.5 Å². The second-order valence-corrected chi connectivity index (χ2v) is 5.96. The van der Waals surface area contributed by atoms with Gasteiger partial charge in [-0.2, -0.15) is 9.97 Å². The standard InChI is InChI=1S/C15H18N6O3/c1-8(2)5-11-17-12(24-20-11)7-23-14(22)13-18-15-16-9(3)6-10(4)21(15)19-13/h6,8H,5,7H2,1-4H3. The van der Waals surface area contributed by atoms with Crippen molar-refractivity contribution in [2.75, 3.05) is 0 Å². The molecule has 9 heteroatoms. The molecule has 3 heterocycles. The van der Waals surface area contributed by atoms with Gasteiger partial charge in [0.05, 0.1) is 0 Å². The number of fused-ring (bicyclic) bond motifs is 1. The lowest BCUT2D eigenvalue weighted by atomic mass is 10.1. The molecule has 0 aliphatic rings. The lowest BCUT2D eigenvalue weighted by Crippen LogP contribution is -2.08. The predicted molar refractivity (Wildman–Crippen MR) is 82.2 cm³/mol. The molecule has 0 N–H and O–H groups in total. The number of aryl methyl sites for hydroxylation is 2. The molecule has 24 heavy (non-hydrogen) atoms. The average Bonchev–Trinajstić information content (AvgIpc) is 3.11. The first kappa shape index (κ1) is 16.0. The third-order valence-electron chi connectivity index (χ3n) is 3.23. The first-order chi connectivity index (χ1) is 11.4. The topological polar surface area (TPSA) is 108 Å². The van der Waals surface area contributed by atoms with Gasteiger partial charge in [0.1, 0.15) is 0 Å². The summed E-state index contributed by atoms with van der Waals surface area (Å²) in [6.07, 6.45) is 0.704. The average molecular weight is 330 g/mol. The van der Waals surface area contributed by atoms with Crippen molar-refractivity contribution in [1.82, 2.24) is 29.7 Å². The molecule has 126 valence electrons. The van der Waals surface area contributed by atoms with Crippen LogP contribution in [0.1, 0.15) is 47.6 Å². The van der Waals surface area contributed by atoms with Crippen LogP contribution in [0.4, 0.5) is 0 Å². The van der Waals surface area contributed by atoms with E-state index in [2.05, 4.69) is 39.1 Å². The zero-order valence-corrected chi connectivity index (χ0v) is 14.0. The second kappa shape index (κ2) is 6.34. The van der Waals surface area contributed by atoms with Gasteiger partial charge in [-0.25, -0.2) is 14.3 Å². The molecule has 3 aromatic rings. The Morgan fingerprint density at radius 3 is 2.83 bits per heavy atom. The number of hydrogen-bond acceptors (Lipinski definition) is 8. The van der Waals surface area contributed by atoms with E-state index in [4.69, 9.17) is 9.26 Å². The lowest BCUT2D eigenvalue weighted by Gasteiger charge is -1.98. The minimum atomic E-state index is -0.666. The van der Waals surface area contributed by atoms with Crippen molar-refractivity contribution >= 4 is 11.7 Å². The van der Waals surface area contributed by atoms with Crippen molar-refractivity contribution in [2.45, 2.75) is 40.7 Å². The Bertz CT molecular complexity index is 883. The van der Waals surface area contributed by atoms with Crippen molar-refractivity contribution in [3.8, 4) is 0 Å². The molecule has 0 spiro atoms. The Labute approximate surface area is 138 Å². The number of hydrogen-bond donors (Lipinski definition) is 0. The van der Waals surface area contributed by atoms with Crippen LogP contribution in [0.25, 0.3) is 5.78 Å². The van der Waals surface area contributed by atoms with Crippen LogP contribution in [0.3, 0.4) is 0 Å². The van der Waals surface area contributed by atoms with Gasteiger partial charge in [0, 0.05) is 17.8 Å². The molecule has 0 saturated carbocycles. The summed E-state index contributed by atoms with van der Waals surface area (Å²) in [5.41, 5.74) is 1.63. The van der Waals surface area contributed by atoms with E-state index >= 15 is 0 Å². The van der Waals surface area contributed by atoms with E-state index in [1.807, 2.05) is 19.9 Å². The Morgan fingerprint density at radius 1 is 1.29 bits per heavy atom. The van der Waals surface area contributed by atoms with Gasteiger partial charge in [-0.1, -0.05) is 19.0 Å². The van der Waals surface area contributed by atoms with Crippen molar-refractivity contribution < 1.29 is 14.1 Å². The monoisotopic (exact) mass is 330 g/mol. The van der Waals surface area contributed by atoms with Crippen molar-refractivity contribution in [3.05, 3.63) is 35.0 Å². The van der Waals surface area contributed by atoms with E-state index in [9.17, 15) is 4.79 Å². The van der Waals surface area contributed by atoms with Crippen LogP contribution in [-0.2, 0) is 17.8 Å². The highest BCUT2D eigenvalue weighted by atomic mass is 16.6. The molecule has 0 aromatic carbocycles. The SMILES string of the molecule is Cc1cc(C)n2nc(C(=O)OCc3nc(CC(C)C)no3)nc2n1. The van der Waals surface area contributed by atoms with Gasteiger partial charge in [-0.3, -0.25) is 0 Å². The molecule has 0 saturated heterocycles. The minimum absolute atomic E-state index is 0.0573. The van der Waals surface area contributed by atoms with E-state index in [1.54, 1.807) is 0 Å². The fourth-order valence-electron chi connectivity index (χ4n) is 2.24. The molecule has 0 aliphatic heterocycles. The summed E-state index contributed by atoms with van der Waals surface area (Å²) < 4.78 is 11.7. The van der Waals surface area contributed by atoms with Crippen molar-refractivity contribution in [1.29, 1.82) is 0 Å². The van der Waals surface area contributed by atoms with Crippen LogP contribution in [0.5, 0.6) is 0 Å². The van der Waals surface area contributed by atoms with Crippen molar-refractivity contribution in [3.63, 3.8) is 0 Å². The van der Waals surface area contributed by atoms with E-state index in [1.165, 1.54) is 4.52 Å². The van der Waals surface area contributed by atoms with Crippen molar-refractivity contribution in [2.24, 2.45) is 5.92 Å². The highest BCUT2D eigenvalue weighted by Gasteiger charge is 2.18. The summed E-state index contributed by atoms with van der Waals surface area (Å²) in [7, 11) is 0. The van der Waals surface area contributed by atoms with Gasteiger partial charge in [0.2, 0.25) is 0 Å². The minimum Gasteiger partial charge on any atom is -0.450 e. The molecule has 9 nitrogen and oxygen atoms in total. The van der Waals surface area contributed by atoms with Gasteiger partial charge in [0.15, 0.2) is 12.4 Å². The summed E-state index contributed by atoms with van der Waals surface area (Å²) in [5, 5.41) is 7.95. The van der Waals surface area contributed by atoms with Crippen LogP contribution in [0, 0.1) is 19.8 Å². The fraction of sp³-hybridized carbons (Fsp3) is 0.467. The first-order valence-corrected chi connectivity index (χ1v) is 7.62. The smallest absolute Gasteiger partial charge is 0.378 e. The number of aromatic nitrogens is 6. The predicted octanol–water partition coefficient (Wildman–Crippen LogP) is 1.68. The molecule has 3 aromatic heterocycles. The third kappa shape index (κ3) is 3.39. The van der Waals surface area contributed by atoms with Gasteiger partial charge in [-0.15, -0.1) is 5.10 Å². The zero-order valence-electron chi connectivity index (χ0n) is 14.0. The maximum absolute atomic E-state index is 12.1. The van der Waals surface area contributed by atoms with Crippen LogP contribution in [0.2, 0.25) is 0 Å². The van der Waals surface area contributed by atoms with E-state index < -0.39 is 5.97 Å². The molecule has 0 atom stereocenters. The zero-order chi connectivity index (χ0) is 17.3. The maximum Gasteiger partial charge on any atom is 0.378 e. The third-order valence-corrected chi connectivity index (χ3v) is 3.23. The summed E-state index contributed by atoms with van der Waals surface area (Å²) in [6.45, 7) is 7.71. The second-order valence-electron chi connectivity index (χ2n) is 5.96. The number of rotatable bonds is 5. The molecule has 3 rings (SSSR count). The highest BCUT2D eigenvalue weighted by molar-refractivity contribution is 5.85. The van der Waals surface area contributed by atoms with E-state index in [-0.39, 0.29) is 18.3 Å². The highest BCUT2D eigenvalue weighted by Crippen LogP contribution is 2.08. The molecule has 0 bridgehead atoms. The van der Waals surface area contributed by atoms with Gasteiger partial charge >= 0.3 is 5.97 Å². The number of nitrogens with zero attached hydrogens (tertiary/aromatic N) is 6.